The monoisotopic (exact) mass is 278 g/mol. The molecule has 18 heavy (non-hydrogen) atoms. The van der Waals surface area contributed by atoms with E-state index in [0.717, 1.165) is 17.3 Å². The molecule has 0 saturated heterocycles. The van der Waals surface area contributed by atoms with Crippen molar-refractivity contribution in [2.75, 3.05) is 18.0 Å². The molecule has 0 unspecified atom stereocenters. The van der Waals surface area contributed by atoms with Gasteiger partial charge in [0, 0.05) is 10.6 Å². The Hall–Kier alpha value is -1.37. The second kappa shape index (κ2) is 5.99. The van der Waals surface area contributed by atoms with E-state index >= 15 is 0 Å². The zero-order valence-electron chi connectivity index (χ0n) is 9.67. The first kappa shape index (κ1) is 14.7. The summed E-state index contributed by atoms with van der Waals surface area (Å²) in [6, 6.07) is 5.31. The Kier molecular flexibility index (Phi) is 4.89. The number of hydrogen-bond donors (Lipinski definition) is 2. The van der Waals surface area contributed by atoms with E-state index in [0.29, 0.717) is 10.6 Å². The first-order chi connectivity index (χ1) is 8.28. The molecule has 0 aliphatic heterocycles. The summed E-state index contributed by atoms with van der Waals surface area (Å²) in [5, 5.41) is 1.80. The minimum absolute atomic E-state index is 0.0935. The van der Waals surface area contributed by atoms with Gasteiger partial charge in [0.2, 0.25) is 5.91 Å². The van der Waals surface area contributed by atoms with Crippen LogP contribution in [0, 0.1) is 6.92 Å². The van der Waals surface area contributed by atoms with Gasteiger partial charge in [-0.1, -0.05) is 6.07 Å². The van der Waals surface area contributed by atoms with Crippen molar-refractivity contribution in [2.45, 2.75) is 18.0 Å². The van der Waals surface area contributed by atoms with Crippen LogP contribution in [0.3, 0.4) is 0 Å². The maximum absolute atomic E-state index is 11.9. The second-order valence-electron chi connectivity index (χ2n) is 3.72. The van der Waals surface area contributed by atoms with Crippen LogP contribution in [0.25, 0.3) is 0 Å². The minimum atomic E-state index is -4.39. The molecular formula is C11H13F3N2OS. The number of halogens is 3. The molecule has 0 radical (unpaired) electrons. The molecule has 7 heteroatoms. The molecule has 0 heterocycles. The van der Waals surface area contributed by atoms with Crippen LogP contribution in [-0.4, -0.2) is 24.4 Å². The molecule has 1 rings (SSSR count). The lowest BCUT2D eigenvalue weighted by Gasteiger charge is -2.09. The lowest BCUT2D eigenvalue weighted by molar-refractivity contribution is -0.136. The number of nitrogen functional groups attached to an aromatic ring is 1. The Morgan fingerprint density at radius 3 is 2.72 bits per heavy atom. The van der Waals surface area contributed by atoms with Gasteiger partial charge >= 0.3 is 6.18 Å². The zero-order chi connectivity index (χ0) is 13.8. The summed E-state index contributed by atoms with van der Waals surface area (Å²) in [6.45, 7) is 0.558. The second-order valence-corrected chi connectivity index (χ2v) is 4.74. The molecule has 0 bridgehead atoms. The van der Waals surface area contributed by atoms with Crippen LogP contribution in [0.2, 0.25) is 0 Å². The van der Waals surface area contributed by atoms with Gasteiger partial charge in [-0.25, -0.2) is 0 Å². The van der Waals surface area contributed by atoms with E-state index in [1.807, 2.05) is 13.0 Å². The molecule has 0 aliphatic rings. The van der Waals surface area contributed by atoms with E-state index in [9.17, 15) is 18.0 Å². The van der Waals surface area contributed by atoms with Crippen molar-refractivity contribution < 1.29 is 18.0 Å². The molecule has 0 fully saturated rings. The molecule has 0 aliphatic carbocycles. The van der Waals surface area contributed by atoms with Crippen LogP contribution in [0.1, 0.15) is 5.56 Å². The van der Waals surface area contributed by atoms with Crippen LogP contribution in [0.15, 0.2) is 23.1 Å². The molecule has 100 valence electrons. The first-order valence-electron chi connectivity index (χ1n) is 5.10. The number of thioether (sulfide) groups is 1. The average molecular weight is 278 g/mol. The van der Waals surface area contributed by atoms with Crippen molar-refractivity contribution >= 4 is 23.4 Å². The predicted molar refractivity (Wildman–Crippen MR) is 65.4 cm³/mol. The summed E-state index contributed by atoms with van der Waals surface area (Å²) < 4.78 is 35.6. The van der Waals surface area contributed by atoms with E-state index in [1.54, 1.807) is 17.4 Å². The van der Waals surface area contributed by atoms with Crippen molar-refractivity contribution in [1.82, 2.24) is 5.32 Å². The summed E-state index contributed by atoms with van der Waals surface area (Å²) in [7, 11) is 0. The van der Waals surface area contributed by atoms with Crippen LogP contribution >= 0.6 is 11.8 Å². The number of nitrogens with one attached hydrogen (secondary N) is 1. The van der Waals surface area contributed by atoms with Gasteiger partial charge in [-0.3, -0.25) is 4.79 Å². The fraction of sp³-hybridized carbons (Fsp3) is 0.364. The van der Waals surface area contributed by atoms with Gasteiger partial charge in [0.05, 0.1) is 5.75 Å². The Balaban J connectivity index is 2.45. The number of amides is 1. The number of hydrogen-bond acceptors (Lipinski definition) is 3. The Morgan fingerprint density at radius 2 is 2.11 bits per heavy atom. The molecule has 3 N–H and O–H groups in total. The number of alkyl halides is 3. The topological polar surface area (TPSA) is 55.1 Å². The third kappa shape index (κ3) is 5.31. The van der Waals surface area contributed by atoms with Gasteiger partial charge in [-0.05, 0) is 24.6 Å². The van der Waals surface area contributed by atoms with Crippen LogP contribution < -0.4 is 11.1 Å². The predicted octanol–water partition coefficient (Wildman–Crippen LogP) is 2.35. The fourth-order valence-electron chi connectivity index (χ4n) is 1.16. The maximum atomic E-state index is 11.9. The molecule has 1 amide bonds. The SMILES string of the molecule is Cc1ccc(N)c(SCC(=O)NCC(F)(F)F)c1. The molecule has 0 saturated carbocycles. The molecule has 1 aromatic carbocycles. The summed E-state index contributed by atoms with van der Waals surface area (Å²) in [5.74, 6) is -0.762. The van der Waals surface area contributed by atoms with Crippen molar-refractivity contribution in [1.29, 1.82) is 0 Å². The minimum Gasteiger partial charge on any atom is -0.398 e. The highest BCUT2D eigenvalue weighted by Crippen LogP contribution is 2.25. The summed E-state index contributed by atoms with van der Waals surface area (Å²) >= 11 is 1.12. The van der Waals surface area contributed by atoms with Crippen LogP contribution in [-0.2, 0) is 4.79 Å². The van der Waals surface area contributed by atoms with Gasteiger partial charge in [-0.2, -0.15) is 13.2 Å². The van der Waals surface area contributed by atoms with E-state index in [2.05, 4.69) is 0 Å². The third-order valence-corrected chi connectivity index (χ3v) is 3.08. The van der Waals surface area contributed by atoms with Gasteiger partial charge in [0.15, 0.2) is 0 Å². The van der Waals surface area contributed by atoms with E-state index in [4.69, 9.17) is 5.73 Å². The van der Waals surface area contributed by atoms with Crippen LogP contribution in [0.5, 0.6) is 0 Å². The van der Waals surface area contributed by atoms with Gasteiger partial charge in [0.1, 0.15) is 6.54 Å². The maximum Gasteiger partial charge on any atom is 0.405 e. The number of aryl methyl sites for hydroxylation is 1. The molecule has 0 atom stereocenters. The van der Waals surface area contributed by atoms with E-state index in [-0.39, 0.29) is 5.75 Å². The normalized spacial score (nSPS) is 11.3. The van der Waals surface area contributed by atoms with E-state index in [1.165, 1.54) is 0 Å². The summed E-state index contributed by atoms with van der Waals surface area (Å²) in [6.07, 6.45) is -4.39. The molecule has 0 spiro atoms. The Morgan fingerprint density at radius 1 is 1.44 bits per heavy atom. The fourth-order valence-corrected chi connectivity index (χ4v) is 2.05. The average Bonchev–Trinajstić information content (AvgIpc) is 2.26. The largest absolute Gasteiger partial charge is 0.405 e. The van der Waals surface area contributed by atoms with Gasteiger partial charge in [0.25, 0.3) is 0 Å². The highest BCUT2D eigenvalue weighted by atomic mass is 32.2. The highest BCUT2D eigenvalue weighted by Gasteiger charge is 2.27. The number of anilines is 1. The lowest BCUT2D eigenvalue weighted by Crippen LogP contribution is -2.34. The Bertz CT molecular complexity index is 435. The van der Waals surface area contributed by atoms with Crippen molar-refractivity contribution in [3.05, 3.63) is 23.8 Å². The number of benzene rings is 1. The number of carbonyl (C=O) groups excluding carboxylic acids is 1. The lowest BCUT2D eigenvalue weighted by atomic mass is 10.2. The number of nitrogens with two attached hydrogens (primary N) is 1. The zero-order valence-corrected chi connectivity index (χ0v) is 10.5. The highest BCUT2D eigenvalue weighted by molar-refractivity contribution is 8.00. The molecular weight excluding hydrogens is 265 g/mol. The molecule has 0 aromatic heterocycles. The molecule has 3 nitrogen and oxygen atoms in total. The van der Waals surface area contributed by atoms with Gasteiger partial charge in [-0.15, -0.1) is 11.8 Å². The van der Waals surface area contributed by atoms with Crippen molar-refractivity contribution in [3.8, 4) is 0 Å². The molecule has 1 aromatic rings. The summed E-state index contributed by atoms with van der Waals surface area (Å²) in [5.41, 5.74) is 7.17. The van der Waals surface area contributed by atoms with Crippen molar-refractivity contribution in [2.24, 2.45) is 0 Å². The van der Waals surface area contributed by atoms with Crippen LogP contribution in [0.4, 0.5) is 18.9 Å². The standard InChI is InChI=1S/C11H13F3N2OS/c1-7-2-3-8(15)9(4-7)18-5-10(17)16-6-11(12,13)14/h2-4H,5-6,15H2,1H3,(H,16,17). The third-order valence-electron chi connectivity index (χ3n) is 2.01. The smallest absolute Gasteiger partial charge is 0.398 e. The van der Waals surface area contributed by atoms with Gasteiger partial charge < -0.3 is 11.1 Å². The quantitative estimate of drug-likeness (QED) is 0.656. The summed E-state index contributed by atoms with van der Waals surface area (Å²) in [4.78, 5) is 11.9. The van der Waals surface area contributed by atoms with Crippen molar-refractivity contribution in [3.63, 3.8) is 0 Å². The number of carbonyl (C=O) groups is 1. The van der Waals surface area contributed by atoms with E-state index < -0.39 is 18.6 Å². The Labute approximate surface area is 107 Å². The first-order valence-corrected chi connectivity index (χ1v) is 6.09. The number of rotatable bonds is 4.